The number of nitrogens with two attached hydrogens (primary N) is 1. The summed E-state index contributed by atoms with van der Waals surface area (Å²) in [5.74, 6) is -1.28. The van der Waals surface area contributed by atoms with Gasteiger partial charge in [-0.25, -0.2) is 9.59 Å². The van der Waals surface area contributed by atoms with E-state index in [0.717, 1.165) is 0 Å². The maximum absolute atomic E-state index is 11.2. The van der Waals surface area contributed by atoms with Crippen molar-refractivity contribution in [1.29, 1.82) is 0 Å². The molecular weight excluding hydrogens is 268 g/mol. The fourth-order valence-electron chi connectivity index (χ4n) is 1.38. The number of urea groups is 1. The molecule has 20 heavy (non-hydrogen) atoms. The van der Waals surface area contributed by atoms with Crippen LogP contribution < -0.4 is 20.5 Å². The number of carbonyl (C=O) groups is 3. The van der Waals surface area contributed by atoms with Crippen LogP contribution in [0.4, 0.5) is 4.79 Å². The average Bonchev–Trinajstić information content (AvgIpc) is 2.37. The van der Waals surface area contributed by atoms with E-state index in [1.54, 1.807) is 0 Å². The minimum absolute atomic E-state index is 0.0545. The Bertz CT molecular complexity index is 529. The molecule has 0 saturated heterocycles. The lowest BCUT2D eigenvalue weighted by Gasteiger charge is -2.10. The molecule has 0 fully saturated rings. The van der Waals surface area contributed by atoms with E-state index in [1.165, 1.54) is 25.3 Å². The summed E-state index contributed by atoms with van der Waals surface area (Å²) >= 11 is 0. The number of aromatic carboxylic acids is 1. The van der Waals surface area contributed by atoms with E-state index in [9.17, 15) is 14.4 Å². The fraction of sp³-hybridized carbons (Fsp3) is 0.250. The summed E-state index contributed by atoms with van der Waals surface area (Å²) in [7, 11) is 1.43. The molecule has 4 N–H and O–H groups in total. The van der Waals surface area contributed by atoms with Gasteiger partial charge in [-0.3, -0.25) is 10.1 Å². The van der Waals surface area contributed by atoms with Crippen LogP contribution in [0.2, 0.25) is 0 Å². The molecule has 1 aromatic carbocycles. The normalized spacial score (nSPS) is 9.65. The zero-order valence-electron chi connectivity index (χ0n) is 10.7. The van der Waals surface area contributed by atoms with Gasteiger partial charge in [-0.1, -0.05) is 0 Å². The molecule has 0 saturated carbocycles. The molecule has 8 heteroatoms. The Hall–Kier alpha value is -2.77. The summed E-state index contributed by atoms with van der Waals surface area (Å²) in [4.78, 5) is 32.6. The topological polar surface area (TPSA) is 128 Å². The molecule has 0 radical (unpaired) electrons. The fourth-order valence-corrected chi connectivity index (χ4v) is 1.38. The third-order valence-corrected chi connectivity index (χ3v) is 2.27. The van der Waals surface area contributed by atoms with Crippen molar-refractivity contribution in [3.8, 4) is 11.5 Å². The molecule has 0 unspecified atom stereocenters. The van der Waals surface area contributed by atoms with E-state index in [-0.39, 0.29) is 24.3 Å². The number of carboxylic acid groups (broad SMARTS) is 1. The van der Waals surface area contributed by atoms with Gasteiger partial charge in [0, 0.05) is 6.07 Å². The highest BCUT2D eigenvalue weighted by Crippen LogP contribution is 2.24. The lowest BCUT2D eigenvalue weighted by molar-refractivity contribution is -0.120. The first kappa shape index (κ1) is 15.3. The van der Waals surface area contributed by atoms with Crippen LogP contribution in [0.15, 0.2) is 18.2 Å². The van der Waals surface area contributed by atoms with Gasteiger partial charge in [-0.15, -0.1) is 0 Å². The molecule has 3 amide bonds. The van der Waals surface area contributed by atoms with Gasteiger partial charge in [0.25, 0.3) is 0 Å². The largest absolute Gasteiger partial charge is 0.497 e. The van der Waals surface area contributed by atoms with Crippen molar-refractivity contribution in [2.45, 2.75) is 6.42 Å². The van der Waals surface area contributed by atoms with Crippen LogP contribution >= 0.6 is 0 Å². The van der Waals surface area contributed by atoms with Crippen molar-refractivity contribution >= 4 is 17.9 Å². The second kappa shape index (κ2) is 6.98. The number of carbonyl (C=O) groups excluding carboxylic acids is 2. The van der Waals surface area contributed by atoms with Gasteiger partial charge >= 0.3 is 12.0 Å². The predicted molar refractivity (Wildman–Crippen MR) is 67.8 cm³/mol. The standard InChI is InChI=1S/C12H14N2O6/c1-19-7-2-3-8(11(16)17)9(6-7)20-5-4-10(15)14-12(13)18/h2-3,6H,4-5H2,1H3,(H,16,17)(H3,13,14,15,18). The van der Waals surface area contributed by atoms with Gasteiger partial charge in [0.1, 0.15) is 17.1 Å². The van der Waals surface area contributed by atoms with E-state index >= 15 is 0 Å². The van der Waals surface area contributed by atoms with Crippen molar-refractivity contribution in [2.75, 3.05) is 13.7 Å². The van der Waals surface area contributed by atoms with E-state index in [0.29, 0.717) is 5.75 Å². The van der Waals surface area contributed by atoms with Gasteiger partial charge in [-0.2, -0.15) is 0 Å². The summed E-state index contributed by atoms with van der Waals surface area (Å²) in [6, 6.07) is 3.26. The minimum Gasteiger partial charge on any atom is -0.497 e. The summed E-state index contributed by atoms with van der Waals surface area (Å²) in [6.45, 7) is -0.105. The highest BCUT2D eigenvalue weighted by Gasteiger charge is 2.13. The van der Waals surface area contributed by atoms with E-state index in [2.05, 4.69) is 0 Å². The second-order valence-corrected chi connectivity index (χ2v) is 3.68. The van der Waals surface area contributed by atoms with Gasteiger partial charge in [0.05, 0.1) is 20.1 Å². The monoisotopic (exact) mass is 282 g/mol. The van der Waals surface area contributed by atoms with Crippen LogP contribution in [-0.2, 0) is 4.79 Å². The highest BCUT2D eigenvalue weighted by molar-refractivity contribution is 5.93. The molecule has 0 aliphatic heterocycles. The summed E-state index contributed by atoms with van der Waals surface area (Å²) < 4.78 is 10.2. The van der Waals surface area contributed by atoms with Crippen LogP contribution in [0, 0.1) is 0 Å². The SMILES string of the molecule is COc1ccc(C(=O)O)c(OCCC(=O)NC(N)=O)c1. The molecule has 0 atom stereocenters. The molecule has 0 bridgehead atoms. The molecule has 0 aromatic heterocycles. The van der Waals surface area contributed by atoms with Crippen LogP contribution in [0.1, 0.15) is 16.8 Å². The molecular formula is C12H14N2O6. The minimum atomic E-state index is -1.16. The van der Waals surface area contributed by atoms with Crippen LogP contribution in [-0.4, -0.2) is 36.7 Å². The summed E-state index contributed by atoms with van der Waals surface area (Å²) in [6.07, 6.45) is -0.140. The molecule has 0 spiro atoms. The molecule has 0 heterocycles. The maximum Gasteiger partial charge on any atom is 0.339 e. The molecule has 8 nitrogen and oxygen atoms in total. The zero-order valence-corrected chi connectivity index (χ0v) is 10.7. The van der Waals surface area contributed by atoms with Crippen molar-refractivity contribution in [3.63, 3.8) is 0 Å². The van der Waals surface area contributed by atoms with Crippen molar-refractivity contribution in [1.82, 2.24) is 5.32 Å². The first-order chi connectivity index (χ1) is 9.43. The first-order valence-corrected chi connectivity index (χ1v) is 5.57. The summed E-state index contributed by atoms with van der Waals surface area (Å²) in [5, 5.41) is 10.9. The first-order valence-electron chi connectivity index (χ1n) is 5.57. The number of primary amides is 1. The maximum atomic E-state index is 11.2. The number of amides is 3. The van der Waals surface area contributed by atoms with Crippen LogP contribution in [0.5, 0.6) is 11.5 Å². The second-order valence-electron chi connectivity index (χ2n) is 3.68. The Morgan fingerprint density at radius 2 is 2.05 bits per heavy atom. The Labute approximate surface area is 114 Å². The number of hydrogen-bond donors (Lipinski definition) is 3. The Morgan fingerprint density at radius 1 is 1.35 bits per heavy atom. The number of carboxylic acids is 1. The molecule has 1 aromatic rings. The van der Waals surface area contributed by atoms with Gasteiger partial charge in [0.15, 0.2) is 0 Å². The molecule has 1 rings (SSSR count). The Kier molecular flexibility index (Phi) is 5.33. The number of benzene rings is 1. The van der Waals surface area contributed by atoms with Crippen molar-refractivity contribution < 1.29 is 29.0 Å². The predicted octanol–water partition coefficient (Wildman–Crippen LogP) is 0.357. The number of nitrogens with one attached hydrogen (secondary N) is 1. The number of imide groups is 1. The van der Waals surface area contributed by atoms with Gasteiger partial charge in [-0.05, 0) is 12.1 Å². The lowest BCUT2D eigenvalue weighted by atomic mass is 10.2. The highest BCUT2D eigenvalue weighted by atomic mass is 16.5. The van der Waals surface area contributed by atoms with Crippen LogP contribution in [0.25, 0.3) is 0 Å². The van der Waals surface area contributed by atoms with Crippen molar-refractivity contribution in [2.24, 2.45) is 5.73 Å². The number of hydrogen-bond acceptors (Lipinski definition) is 5. The number of ether oxygens (including phenoxy) is 2. The molecule has 108 valence electrons. The molecule has 0 aliphatic rings. The van der Waals surface area contributed by atoms with Crippen LogP contribution in [0.3, 0.4) is 0 Å². The third kappa shape index (κ3) is 4.48. The van der Waals surface area contributed by atoms with E-state index in [4.69, 9.17) is 20.3 Å². The number of rotatable bonds is 6. The summed E-state index contributed by atoms with van der Waals surface area (Å²) in [5.41, 5.74) is 4.72. The lowest BCUT2D eigenvalue weighted by Crippen LogP contribution is -2.35. The number of methoxy groups -OCH3 is 1. The zero-order chi connectivity index (χ0) is 15.1. The quantitative estimate of drug-likeness (QED) is 0.691. The van der Waals surface area contributed by atoms with E-state index in [1.807, 2.05) is 5.32 Å². The van der Waals surface area contributed by atoms with Gasteiger partial charge < -0.3 is 20.3 Å². The smallest absolute Gasteiger partial charge is 0.339 e. The van der Waals surface area contributed by atoms with E-state index < -0.39 is 17.9 Å². The third-order valence-electron chi connectivity index (χ3n) is 2.27. The molecule has 0 aliphatic carbocycles. The van der Waals surface area contributed by atoms with Crippen molar-refractivity contribution in [3.05, 3.63) is 23.8 Å². The average molecular weight is 282 g/mol. The Balaban J connectivity index is 2.68. The van der Waals surface area contributed by atoms with Gasteiger partial charge in [0.2, 0.25) is 5.91 Å². The Morgan fingerprint density at radius 3 is 2.60 bits per heavy atom.